The number of fused-ring (bicyclic) bond motifs is 1. The second-order valence-electron chi connectivity index (χ2n) is 6.95. The van der Waals surface area contributed by atoms with Crippen LogP contribution in [0.15, 0.2) is 30.3 Å². The molecule has 0 saturated carbocycles. The third kappa shape index (κ3) is 4.74. The fourth-order valence-corrected chi connectivity index (χ4v) is 3.71. The Kier molecular flexibility index (Phi) is 6.06. The number of hydrogen-bond acceptors (Lipinski definition) is 5. The number of nitrogens with one attached hydrogen (secondary N) is 1. The van der Waals surface area contributed by atoms with E-state index in [2.05, 4.69) is 5.32 Å². The summed E-state index contributed by atoms with van der Waals surface area (Å²) in [4.78, 5) is 14.4. The van der Waals surface area contributed by atoms with Crippen molar-refractivity contribution < 1.29 is 23.4 Å². The maximum atomic E-state index is 14.5. The smallest absolute Gasteiger partial charge is 0.228 e. The molecular weight excluding hydrogens is 399 g/mol. The van der Waals surface area contributed by atoms with E-state index < -0.39 is 0 Å². The minimum Gasteiger partial charge on any atom is -0.489 e. The van der Waals surface area contributed by atoms with Crippen molar-refractivity contribution in [2.24, 2.45) is 0 Å². The van der Waals surface area contributed by atoms with Crippen LogP contribution in [0, 0.1) is 5.82 Å². The molecule has 0 aromatic heterocycles. The molecular formula is C21H22ClFN2O4. The average molecular weight is 421 g/mol. The van der Waals surface area contributed by atoms with E-state index in [0.717, 1.165) is 6.42 Å². The maximum absolute atomic E-state index is 14.5. The van der Waals surface area contributed by atoms with Crippen LogP contribution in [0.1, 0.15) is 12.0 Å². The van der Waals surface area contributed by atoms with E-state index >= 15 is 0 Å². The van der Waals surface area contributed by atoms with Gasteiger partial charge in [-0.25, -0.2) is 4.39 Å². The number of anilines is 2. The van der Waals surface area contributed by atoms with Crippen LogP contribution in [0.25, 0.3) is 0 Å². The molecule has 0 spiro atoms. The Balaban J connectivity index is 1.43. The van der Waals surface area contributed by atoms with Crippen LogP contribution in [-0.2, 0) is 16.0 Å². The molecule has 1 saturated heterocycles. The quantitative estimate of drug-likeness (QED) is 0.818. The highest BCUT2D eigenvalue weighted by Crippen LogP contribution is 2.38. The number of ether oxygens (including phenoxy) is 3. The standard InChI is InChI=1S/C21H22ClFN2O4/c22-16-10-14(11-19-21(16)29-7-1-6-28-19)12-20(26)24-15-2-3-18(17(23)13-15)25-4-8-27-9-5-25/h2-3,10-11,13H,1,4-9,12H2,(H,24,26). The summed E-state index contributed by atoms with van der Waals surface area (Å²) in [5, 5.41) is 3.15. The summed E-state index contributed by atoms with van der Waals surface area (Å²) in [5.74, 6) is 0.408. The number of carbonyl (C=O) groups is 1. The molecule has 6 nitrogen and oxygen atoms in total. The molecule has 4 rings (SSSR count). The zero-order valence-electron chi connectivity index (χ0n) is 15.9. The summed E-state index contributed by atoms with van der Waals surface area (Å²) in [7, 11) is 0. The van der Waals surface area contributed by atoms with Crippen LogP contribution in [0.4, 0.5) is 15.8 Å². The average Bonchev–Trinajstić information content (AvgIpc) is 2.94. The summed E-state index contributed by atoms with van der Waals surface area (Å²) in [6.45, 7) is 3.53. The van der Waals surface area contributed by atoms with Gasteiger partial charge in [0.25, 0.3) is 0 Å². The lowest BCUT2D eigenvalue weighted by Gasteiger charge is -2.29. The molecule has 2 aliphatic heterocycles. The van der Waals surface area contributed by atoms with Crippen LogP contribution >= 0.6 is 11.6 Å². The van der Waals surface area contributed by atoms with Gasteiger partial charge in [0, 0.05) is 25.2 Å². The van der Waals surface area contributed by atoms with Gasteiger partial charge in [0.1, 0.15) is 5.82 Å². The highest BCUT2D eigenvalue weighted by atomic mass is 35.5. The van der Waals surface area contributed by atoms with E-state index in [0.29, 0.717) is 73.0 Å². The van der Waals surface area contributed by atoms with E-state index in [1.165, 1.54) is 6.07 Å². The second-order valence-corrected chi connectivity index (χ2v) is 7.35. The Labute approximate surface area is 173 Å². The number of halogens is 2. The summed E-state index contributed by atoms with van der Waals surface area (Å²) in [6.07, 6.45) is 0.857. The third-order valence-corrected chi connectivity index (χ3v) is 5.09. The molecule has 0 atom stereocenters. The second kappa shape index (κ2) is 8.88. The van der Waals surface area contributed by atoms with Crippen molar-refractivity contribution in [3.8, 4) is 11.5 Å². The lowest BCUT2D eigenvalue weighted by molar-refractivity contribution is -0.115. The van der Waals surface area contributed by atoms with E-state index in [9.17, 15) is 9.18 Å². The molecule has 29 heavy (non-hydrogen) atoms. The first-order chi connectivity index (χ1) is 14.1. The summed E-state index contributed by atoms with van der Waals surface area (Å²) >= 11 is 6.28. The molecule has 2 heterocycles. The van der Waals surface area contributed by atoms with Crippen molar-refractivity contribution in [1.82, 2.24) is 0 Å². The van der Waals surface area contributed by atoms with Gasteiger partial charge in [-0.3, -0.25) is 4.79 Å². The first-order valence-corrected chi connectivity index (χ1v) is 9.98. The summed E-state index contributed by atoms with van der Waals surface area (Å²) in [6, 6.07) is 8.17. The normalized spacial score (nSPS) is 16.3. The number of carbonyl (C=O) groups excluding carboxylic acids is 1. The topological polar surface area (TPSA) is 60.0 Å². The Morgan fingerprint density at radius 1 is 1.10 bits per heavy atom. The van der Waals surface area contributed by atoms with Crippen LogP contribution in [-0.4, -0.2) is 45.4 Å². The van der Waals surface area contributed by atoms with Gasteiger partial charge in [-0.1, -0.05) is 11.6 Å². The maximum Gasteiger partial charge on any atom is 0.228 e. The van der Waals surface area contributed by atoms with E-state index in [4.69, 9.17) is 25.8 Å². The lowest BCUT2D eigenvalue weighted by Crippen LogP contribution is -2.36. The highest BCUT2D eigenvalue weighted by Gasteiger charge is 2.18. The molecule has 154 valence electrons. The first-order valence-electron chi connectivity index (χ1n) is 9.60. The van der Waals surface area contributed by atoms with Gasteiger partial charge in [0.15, 0.2) is 11.5 Å². The predicted octanol–water partition coefficient (Wildman–Crippen LogP) is 3.66. The van der Waals surface area contributed by atoms with Gasteiger partial charge < -0.3 is 24.4 Å². The molecule has 2 aliphatic rings. The van der Waals surface area contributed by atoms with Gasteiger partial charge in [0.05, 0.1) is 43.6 Å². The number of benzene rings is 2. The number of morpholine rings is 1. The summed E-state index contributed by atoms with van der Waals surface area (Å²) < 4.78 is 31.1. The molecule has 0 bridgehead atoms. The molecule has 0 unspecified atom stereocenters. The van der Waals surface area contributed by atoms with Crippen LogP contribution < -0.4 is 19.7 Å². The highest BCUT2D eigenvalue weighted by molar-refractivity contribution is 6.32. The van der Waals surface area contributed by atoms with E-state index in [1.54, 1.807) is 24.3 Å². The zero-order chi connectivity index (χ0) is 20.2. The molecule has 2 aromatic rings. The Morgan fingerprint density at radius 3 is 2.69 bits per heavy atom. The molecule has 0 radical (unpaired) electrons. The minimum atomic E-state index is -0.372. The number of amides is 1. The molecule has 1 amide bonds. The molecule has 1 N–H and O–H groups in total. The van der Waals surface area contributed by atoms with Gasteiger partial charge in [-0.05, 0) is 35.9 Å². The van der Waals surface area contributed by atoms with Gasteiger partial charge in [0.2, 0.25) is 5.91 Å². The van der Waals surface area contributed by atoms with Gasteiger partial charge in [-0.2, -0.15) is 0 Å². The Hall–Kier alpha value is -2.51. The number of nitrogens with zero attached hydrogens (tertiary/aromatic N) is 1. The van der Waals surface area contributed by atoms with E-state index in [-0.39, 0.29) is 18.1 Å². The Morgan fingerprint density at radius 2 is 1.90 bits per heavy atom. The first kappa shape index (κ1) is 19.8. The van der Waals surface area contributed by atoms with Crippen molar-refractivity contribution in [2.75, 3.05) is 49.7 Å². The largest absolute Gasteiger partial charge is 0.489 e. The van der Waals surface area contributed by atoms with Crippen molar-refractivity contribution in [1.29, 1.82) is 0 Å². The Bertz CT molecular complexity index is 902. The summed E-state index contributed by atoms with van der Waals surface area (Å²) in [5.41, 5.74) is 1.62. The minimum absolute atomic E-state index is 0.0865. The zero-order valence-corrected chi connectivity index (χ0v) is 16.6. The molecule has 8 heteroatoms. The van der Waals surface area contributed by atoms with E-state index in [1.807, 2.05) is 4.90 Å². The van der Waals surface area contributed by atoms with Gasteiger partial charge >= 0.3 is 0 Å². The van der Waals surface area contributed by atoms with Crippen molar-refractivity contribution in [3.63, 3.8) is 0 Å². The molecule has 0 aliphatic carbocycles. The fraction of sp³-hybridized carbons (Fsp3) is 0.381. The van der Waals surface area contributed by atoms with Crippen molar-refractivity contribution in [2.45, 2.75) is 12.8 Å². The number of rotatable bonds is 4. The predicted molar refractivity (Wildman–Crippen MR) is 109 cm³/mol. The fourth-order valence-electron chi connectivity index (χ4n) is 3.42. The van der Waals surface area contributed by atoms with Crippen molar-refractivity contribution in [3.05, 3.63) is 46.7 Å². The molecule has 1 fully saturated rings. The number of hydrogen-bond donors (Lipinski definition) is 1. The monoisotopic (exact) mass is 420 g/mol. The van der Waals surface area contributed by atoms with Crippen LogP contribution in [0.5, 0.6) is 11.5 Å². The van der Waals surface area contributed by atoms with Crippen molar-refractivity contribution >= 4 is 28.9 Å². The SMILES string of the molecule is O=C(Cc1cc(Cl)c2c(c1)OCCCO2)Nc1ccc(N2CCOCC2)c(F)c1. The molecule has 2 aromatic carbocycles. The van der Waals surface area contributed by atoms with Crippen LogP contribution in [0.3, 0.4) is 0 Å². The van der Waals surface area contributed by atoms with Crippen LogP contribution in [0.2, 0.25) is 5.02 Å². The third-order valence-electron chi connectivity index (χ3n) is 4.81. The lowest BCUT2D eigenvalue weighted by atomic mass is 10.1. The van der Waals surface area contributed by atoms with Gasteiger partial charge in [-0.15, -0.1) is 0 Å².